The molecule has 0 amide bonds. The van der Waals surface area contributed by atoms with Gasteiger partial charge in [-0.2, -0.15) is 0 Å². The maximum absolute atomic E-state index is 10.8. The molecule has 0 unspecified atom stereocenters. The molecule has 1 N–H and O–H groups in total. The number of rotatable bonds is 6. The highest BCUT2D eigenvalue weighted by atomic mass is 16.5. The van der Waals surface area contributed by atoms with Crippen LogP contribution in [-0.2, 0) is 0 Å². The van der Waals surface area contributed by atoms with Gasteiger partial charge < -0.3 is 19.5 Å². The van der Waals surface area contributed by atoms with Crippen molar-refractivity contribution < 1.29 is 14.6 Å². The van der Waals surface area contributed by atoms with Gasteiger partial charge in [0.25, 0.3) is 0 Å². The van der Waals surface area contributed by atoms with E-state index in [1.807, 2.05) is 18.2 Å². The molecule has 3 rings (SSSR count). The van der Waals surface area contributed by atoms with E-state index in [0.29, 0.717) is 12.3 Å². The van der Waals surface area contributed by atoms with Gasteiger partial charge in [0.15, 0.2) is 0 Å². The van der Waals surface area contributed by atoms with Crippen LogP contribution in [0.5, 0.6) is 11.5 Å². The average Bonchev–Trinajstić information content (AvgIpc) is 2.70. The molecule has 27 heavy (non-hydrogen) atoms. The number of benzene rings is 2. The molecular weight excluding hydrogens is 340 g/mol. The Hall–Kier alpha value is -2.24. The Kier molecular flexibility index (Phi) is 6.24. The van der Waals surface area contributed by atoms with Gasteiger partial charge >= 0.3 is 0 Å². The van der Waals surface area contributed by atoms with Crippen molar-refractivity contribution >= 4 is 5.69 Å². The molecular formula is C22H30N2O3. The second-order valence-corrected chi connectivity index (χ2v) is 7.13. The summed E-state index contributed by atoms with van der Waals surface area (Å²) in [6.07, 6.45) is -0.609. The first-order valence-electron chi connectivity index (χ1n) is 9.47. The Morgan fingerprint density at radius 3 is 2.41 bits per heavy atom. The van der Waals surface area contributed by atoms with Crippen molar-refractivity contribution in [2.24, 2.45) is 0 Å². The summed E-state index contributed by atoms with van der Waals surface area (Å²) in [5.41, 5.74) is 4.78. The second-order valence-electron chi connectivity index (χ2n) is 7.13. The number of hydrogen-bond acceptors (Lipinski definition) is 5. The molecule has 1 heterocycles. The first-order chi connectivity index (χ1) is 13.0. The molecule has 0 aromatic heterocycles. The van der Waals surface area contributed by atoms with Gasteiger partial charge in [-0.1, -0.05) is 12.1 Å². The van der Waals surface area contributed by atoms with Crippen molar-refractivity contribution in [1.29, 1.82) is 0 Å². The molecule has 0 spiro atoms. The average molecular weight is 370 g/mol. The molecule has 0 saturated carbocycles. The zero-order valence-corrected chi connectivity index (χ0v) is 16.7. The maximum atomic E-state index is 10.8. The quantitative estimate of drug-likeness (QED) is 0.846. The van der Waals surface area contributed by atoms with E-state index in [9.17, 15) is 5.11 Å². The first kappa shape index (κ1) is 19.5. The fourth-order valence-corrected chi connectivity index (χ4v) is 3.69. The van der Waals surface area contributed by atoms with Crippen LogP contribution in [-0.4, -0.2) is 56.9 Å². The van der Waals surface area contributed by atoms with Gasteiger partial charge in [0.1, 0.15) is 11.5 Å². The SMILES string of the molecule is COc1ccc(OC)c([C@H](O)CN2CCN(c3cccc(C)c3C)CC2)c1. The van der Waals surface area contributed by atoms with E-state index in [1.165, 1.54) is 16.8 Å². The van der Waals surface area contributed by atoms with Crippen molar-refractivity contribution in [3.05, 3.63) is 53.1 Å². The molecule has 0 bridgehead atoms. The van der Waals surface area contributed by atoms with E-state index in [4.69, 9.17) is 9.47 Å². The fraction of sp³-hybridized carbons (Fsp3) is 0.455. The van der Waals surface area contributed by atoms with Crippen molar-refractivity contribution in [2.75, 3.05) is 51.8 Å². The summed E-state index contributed by atoms with van der Waals surface area (Å²) in [5.74, 6) is 1.42. The molecule has 1 aliphatic rings. The molecule has 5 nitrogen and oxygen atoms in total. The third-order valence-corrected chi connectivity index (χ3v) is 5.52. The summed E-state index contributed by atoms with van der Waals surface area (Å²) in [7, 11) is 3.26. The zero-order chi connectivity index (χ0) is 19.4. The molecule has 1 saturated heterocycles. The van der Waals surface area contributed by atoms with E-state index in [0.717, 1.165) is 37.5 Å². The number of β-amino-alcohol motifs (C(OH)–C–C–N with tert-alkyl or cyclic N) is 1. The molecule has 1 aliphatic heterocycles. The van der Waals surface area contributed by atoms with E-state index in [1.54, 1.807) is 14.2 Å². The van der Waals surface area contributed by atoms with Crippen LogP contribution >= 0.6 is 0 Å². The smallest absolute Gasteiger partial charge is 0.124 e. The first-order valence-corrected chi connectivity index (χ1v) is 9.47. The van der Waals surface area contributed by atoms with E-state index in [2.05, 4.69) is 41.8 Å². The Bertz CT molecular complexity index is 770. The van der Waals surface area contributed by atoms with Crippen LogP contribution in [0.4, 0.5) is 5.69 Å². The maximum Gasteiger partial charge on any atom is 0.124 e. The lowest BCUT2D eigenvalue weighted by Crippen LogP contribution is -2.47. The van der Waals surface area contributed by atoms with Crippen molar-refractivity contribution in [2.45, 2.75) is 20.0 Å². The van der Waals surface area contributed by atoms with Crippen molar-refractivity contribution in [3.8, 4) is 11.5 Å². The topological polar surface area (TPSA) is 45.2 Å². The van der Waals surface area contributed by atoms with Crippen molar-refractivity contribution in [1.82, 2.24) is 4.90 Å². The lowest BCUT2D eigenvalue weighted by Gasteiger charge is -2.37. The summed E-state index contributed by atoms with van der Waals surface area (Å²) >= 11 is 0. The van der Waals surface area contributed by atoms with Gasteiger partial charge in [-0.05, 0) is 49.2 Å². The van der Waals surface area contributed by atoms with Gasteiger partial charge in [0.05, 0.1) is 20.3 Å². The molecule has 0 aliphatic carbocycles. The number of ether oxygens (including phenoxy) is 2. The molecule has 5 heteroatoms. The summed E-state index contributed by atoms with van der Waals surface area (Å²) in [6.45, 7) is 8.72. The molecule has 2 aromatic rings. The minimum atomic E-state index is -0.609. The van der Waals surface area contributed by atoms with Crippen LogP contribution in [0.3, 0.4) is 0 Å². The van der Waals surface area contributed by atoms with E-state index >= 15 is 0 Å². The van der Waals surface area contributed by atoms with Crippen LogP contribution in [0.1, 0.15) is 22.8 Å². The van der Waals surface area contributed by atoms with Gasteiger partial charge in [-0.25, -0.2) is 0 Å². The summed E-state index contributed by atoms with van der Waals surface area (Å²) < 4.78 is 10.7. The predicted octanol–water partition coefficient (Wildman–Crippen LogP) is 3.18. The van der Waals surface area contributed by atoms with Crippen LogP contribution in [0, 0.1) is 13.8 Å². The highest BCUT2D eigenvalue weighted by Crippen LogP contribution is 2.30. The minimum absolute atomic E-state index is 0.587. The Morgan fingerprint density at radius 2 is 1.74 bits per heavy atom. The van der Waals surface area contributed by atoms with Gasteiger partial charge in [-0.15, -0.1) is 0 Å². The number of methoxy groups -OCH3 is 2. The molecule has 146 valence electrons. The molecule has 0 radical (unpaired) electrons. The number of aliphatic hydroxyl groups excluding tert-OH is 1. The minimum Gasteiger partial charge on any atom is -0.497 e. The van der Waals surface area contributed by atoms with Crippen LogP contribution in [0.2, 0.25) is 0 Å². The van der Waals surface area contributed by atoms with E-state index in [-0.39, 0.29) is 0 Å². The predicted molar refractivity (Wildman–Crippen MR) is 109 cm³/mol. The lowest BCUT2D eigenvalue weighted by molar-refractivity contribution is 0.107. The normalized spacial score (nSPS) is 16.3. The zero-order valence-electron chi connectivity index (χ0n) is 16.7. The number of nitrogens with zero attached hydrogens (tertiary/aromatic N) is 2. The lowest BCUT2D eigenvalue weighted by atomic mass is 10.1. The monoisotopic (exact) mass is 370 g/mol. The third kappa shape index (κ3) is 4.37. The van der Waals surface area contributed by atoms with Crippen LogP contribution in [0.15, 0.2) is 36.4 Å². The van der Waals surface area contributed by atoms with Crippen LogP contribution in [0.25, 0.3) is 0 Å². The molecule has 2 aromatic carbocycles. The number of aryl methyl sites for hydroxylation is 1. The molecule has 1 fully saturated rings. The van der Waals surface area contributed by atoms with E-state index < -0.39 is 6.10 Å². The number of hydrogen-bond donors (Lipinski definition) is 1. The third-order valence-electron chi connectivity index (χ3n) is 5.52. The second kappa shape index (κ2) is 8.63. The summed E-state index contributed by atoms with van der Waals surface area (Å²) in [5, 5.41) is 10.8. The fourth-order valence-electron chi connectivity index (χ4n) is 3.69. The standard InChI is InChI=1S/C22H30N2O3/c1-16-6-5-7-20(17(16)2)24-12-10-23(11-13-24)15-21(25)19-14-18(26-3)8-9-22(19)27-4/h5-9,14,21,25H,10-13,15H2,1-4H3/t21-/m1/s1. The molecule has 1 atom stereocenters. The van der Waals surface area contributed by atoms with Gasteiger partial charge in [0, 0.05) is 44.0 Å². The Labute approximate surface area is 162 Å². The van der Waals surface area contributed by atoms with Crippen LogP contribution < -0.4 is 14.4 Å². The number of piperazine rings is 1. The largest absolute Gasteiger partial charge is 0.497 e. The highest BCUT2D eigenvalue weighted by Gasteiger charge is 2.23. The summed E-state index contributed by atoms with van der Waals surface area (Å²) in [4.78, 5) is 4.75. The number of anilines is 1. The number of aliphatic hydroxyl groups is 1. The van der Waals surface area contributed by atoms with Crippen molar-refractivity contribution in [3.63, 3.8) is 0 Å². The Morgan fingerprint density at radius 1 is 1.00 bits per heavy atom. The summed E-state index contributed by atoms with van der Waals surface area (Å²) in [6, 6.07) is 12.0. The van der Waals surface area contributed by atoms with Gasteiger partial charge in [0.2, 0.25) is 0 Å². The van der Waals surface area contributed by atoms with Gasteiger partial charge in [-0.3, -0.25) is 4.90 Å². The highest BCUT2D eigenvalue weighted by molar-refractivity contribution is 5.56. The Balaban J connectivity index is 1.63.